The number of carbonyl (C=O) groups is 1. The first-order chi connectivity index (χ1) is 7.01. The third kappa shape index (κ3) is 6.50. The minimum absolute atomic E-state index is 0.166. The lowest BCUT2D eigenvalue weighted by atomic mass is 9.93. The van der Waals surface area contributed by atoms with Crippen LogP contribution in [0.5, 0.6) is 0 Å². The van der Waals surface area contributed by atoms with Gasteiger partial charge in [0.1, 0.15) is 0 Å². The SMILES string of the molecule is CCC(C)C(O)CCC(C)CC(=O)OC. The minimum Gasteiger partial charge on any atom is -0.469 e. The van der Waals surface area contributed by atoms with Crippen LogP contribution in [0.4, 0.5) is 0 Å². The van der Waals surface area contributed by atoms with E-state index in [0.29, 0.717) is 12.3 Å². The van der Waals surface area contributed by atoms with Crippen molar-refractivity contribution in [2.75, 3.05) is 7.11 Å². The van der Waals surface area contributed by atoms with Crippen LogP contribution in [0.2, 0.25) is 0 Å². The van der Waals surface area contributed by atoms with Gasteiger partial charge >= 0.3 is 5.97 Å². The maximum atomic E-state index is 11.0. The molecule has 90 valence electrons. The number of methoxy groups -OCH3 is 1. The molecule has 3 heteroatoms. The number of esters is 1. The van der Waals surface area contributed by atoms with Gasteiger partial charge in [0, 0.05) is 6.42 Å². The van der Waals surface area contributed by atoms with E-state index in [1.54, 1.807) is 0 Å². The monoisotopic (exact) mass is 216 g/mol. The molecule has 0 spiro atoms. The highest BCUT2D eigenvalue weighted by Gasteiger charge is 2.15. The molecular weight excluding hydrogens is 192 g/mol. The smallest absolute Gasteiger partial charge is 0.305 e. The topological polar surface area (TPSA) is 46.5 Å². The summed E-state index contributed by atoms with van der Waals surface area (Å²) in [5.41, 5.74) is 0. The molecular formula is C12H24O3. The van der Waals surface area contributed by atoms with Crippen LogP contribution in [0.1, 0.15) is 46.5 Å². The van der Waals surface area contributed by atoms with Gasteiger partial charge < -0.3 is 9.84 Å². The Labute approximate surface area is 92.8 Å². The normalized spacial score (nSPS) is 16.9. The molecule has 0 aliphatic rings. The van der Waals surface area contributed by atoms with E-state index in [1.807, 2.05) is 6.92 Å². The third-order valence-corrected chi connectivity index (χ3v) is 3.00. The molecule has 0 aliphatic carbocycles. The van der Waals surface area contributed by atoms with Gasteiger partial charge in [-0.3, -0.25) is 4.79 Å². The van der Waals surface area contributed by atoms with Gasteiger partial charge in [0.15, 0.2) is 0 Å². The zero-order valence-electron chi connectivity index (χ0n) is 10.3. The first-order valence-corrected chi connectivity index (χ1v) is 5.76. The van der Waals surface area contributed by atoms with Crippen LogP contribution in [0.15, 0.2) is 0 Å². The molecule has 15 heavy (non-hydrogen) atoms. The zero-order valence-corrected chi connectivity index (χ0v) is 10.3. The molecule has 0 saturated carbocycles. The van der Waals surface area contributed by atoms with Gasteiger partial charge in [-0.2, -0.15) is 0 Å². The molecule has 0 aromatic carbocycles. The van der Waals surface area contributed by atoms with E-state index in [0.717, 1.165) is 19.3 Å². The van der Waals surface area contributed by atoms with Crippen molar-refractivity contribution in [3.63, 3.8) is 0 Å². The molecule has 0 radical (unpaired) electrons. The summed E-state index contributed by atoms with van der Waals surface area (Å²) >= 11 is 0. The van der Waals surface area contributed by atoms with Crippen molar-refractivity contribution in [2.24, 2.45) is 11.8 Å². The Kier molecular flexibility index (Phi) is 7.39. The molecule has 0 fully saturated rings. The van der Waals surface area contributed by atoms with Crippen molar-refractivity contribution in [1.29, 1.82) is 0 Å². The van der Waals surface area contributed by atoms with Gasteiger partial charge in [0.2, 0.25) is 0 Å². The molecule has 0 amide bonds. The highest BCUT2D eigenvalue weighted by atomic mass is 16.5. The van der Waals surface area contributed by atoms with Crippen LogP contribution in [-0.4, -0.2) is 24.3 Å². The molecule has 0 bridgehead atoms. The van der Waals surface area contributed by atoms with Crippen LogP contribution >= 0.6 is 0 Å². The highest BCUT2D eigenvalue weighted by Crippen LogP contribution is 2.18. The second-order valence-corrected chi connectivity index (χ2v) is 4.42. The lowest BCUT2D eigenvalue weighted by Crippen LogP contribution is -2.18. The van der Waals surface area contributed by atoms with Crippen LogP contribution in [0.3, 0.4) is 0 Å². The molecule has 0 aromatic heterocycles. The zero-order chi connectivity index (χ0) is 11.8. The molecule has 0 aliphatic heterocycles. The largest absolute Gasteiger partial charge is 0.469 e. The third-order valence-electron chi connectivity index (χ3n) is 3.00. The fourth-order valence-electron chi connectivity index (χ4n) is 1.48. The van der Waals surface area contributed by atoms with Crippen molar-refractivity contribution in [3.8, 4) is 0 Å². The lowest BCUT2D eigenvalue weighted by molar-refractivity contribution is -0.141. The second-order valence-electron chi connectivity index (χ2n) is 4.42. The van der Waals surface area contributed by atoms with E-state index in [4.69, 9.17) is 0 Å². The van der Waals surface area contributed by atoms with E-state index in [9.17, 15) is 9.90 Å². The summed E-state index contributed by atoms with van der Waals surface area (Å²) in [4.78, 5) is 11.0. The van der Waals surface area contributed by atoms with Crippen molar-refractivity contribution in [2.45, 2.75) is 52.6 Å². The van der Waals surface area contributed by atoms with Gasteiger partial charge in [-0.25, -0.2) is 0 Å². The first-order valence-electron chi connectivity index (χ1n) is 5.76. The molecule has 1 N–H and O–H groups in total. The Balaban J connectivity index is 3.70. The summed E-state index contributed by atoms with van der Waals surface area (Å²) in [6, 6.07) is 0. The van der Waals surface area contributed by atoms with Crippen molar-refractivity contribution in [3.05, 3.63) is 0 Å². The Hall–Kier alpha value is -0.570. The highest BCUT2D eigenvalue weighted by molar-refractivity contribution is 5.69. The Morgan fingerprint density at radius 3 is 2.40 bits per heavy atom. The lowest BCUT2D eigenvalue weighted by Gasteiger charge is -2.18. The Bertz CT molecular complexity index is 180. The van der Waals surface area contributed by atoms with E-state index in [2.05, 4.69) is 18.6 Å². The van der Waals surface area contributed by atoms with E-state index in [1.165, 1.54) is 7.11 Å². The predicted molar refractivity (Wildman–Crippen MR) is 60.5 cm³/mol. The average molecular weight is 216 g/mol. The van der Waals surface area contributed by atoms with Crippen molar-refractivity contribution < 1.29 is 14.6 Å². The number of aliphatic hydroxyl groups excluding tert-OH is 1. The van der Waals surface area contributed by atoms with E-state index < -0.39 is 0 Å². The number of hydrogen-bond donors (Lipinski definition) is 1. The first kappa shape index (κ1) is 14.4. The summed E-state index contributed by atoms with van der Waals surface area (Å²) in [6.45, 7) is 6.14. The van der Waals surface area contributed by atoms with Gasteiger partial charge in [-0.05, 0) is 24.7 Å². The van der Waals surface area contributed by atoms with Gasteiger partial charge in [0.25, 0.3) is 0 Å². The molecule has 0 heterocycles. The summed E-state index contributed by atoms with van der Waals surface area (Å²) < 4.78 is 4.59. The fourth-order valence-corrected chi connectivity index (χ4v) is 1.48. The minimum atomic E-state index is -0.241. The number of hydrogen-bond acceptors (Lipinski definition) is 3. The quantitative estimate of drug-likeness (QED) is 0.665. The van der Waals surface area contributed by atoms with E-state index >= 15 is 0 Å². The van der Waals surface area contributed by atoms with Crippen molar-refractivity contribution in [1.82, 2.24) is 0 Å². The molecule has 0 saturated heterocycles. The molecule has 3 unspecified atom stereocenters. The van der Waals surface area contributed by atoms with Gasteiger partial charge in [-0.15, -0.1) is 0 Å². The van der Waals surface area contributed by atoms with Crippen molar-refractivity contribution >= 4 is 5.97 Å². The predicted octanol–water partition coefficient (Wildman–Crippen LogP) is 2.37. The number of carbonyl (C=O) groups excluding carboxylic acids is 1. The van der Waals surface area contributed by atoms with Crippen LogP contribution in [0, 0.1) is 11.8 Å². The Morgan fingerprint density at radius 2 is 1.93 bits per heavy atom. The molecule has 0 aromatic rings. The summed E-state index contributed by atoms with van der Waals surface area (Å²) in [5, 5.41) is 9.74. The van der Waals surface area contributed by atoms with Crippen LogP contribution < -0.4 is 0 Å². The summed E-state index contributed by atoms with van der Waals surface area (Å²) in [6.07, 6.45) is 2.85. The number of ether oxygens (including phenoxy) is 1. The Morgan fingerprint density at radius 1 is 1.33 bits per heavy atom. The summed E-state index contributed by atoms with van der Waals surface area (Å²) in [5.74, 6) is 0.465. The molecule has 0 rings (SSSR count). The van der Waals surface area contributed by atoms with Gasteiger partial charge in [-0.1, -0.05) is 27.2 Å². The standard InChI is InChI=1S/C12H24O3/c1-5-10(3)11(13)7-6-9(2)8-12(14)15-4/h9-11,13H,5-8H2,1-4H3. The van der Waals surface area contributed by atoms with Crippen LogP contribution in [-0.2, 0) is 9.53 Å². The van der Waals surface area contributed by atoms with Gasteiger partial charge in [0.05, 0.1) is 13.2 Å². The summed E-state index contributed by atoms with van der Waals surface area (Å²) in [7, 11) is 1.41. The number of rotatable bonds is 7. The maximum absolute atomic E-state index is 11.0. The number of aliphatic hydroxyl groups is 1. The maximum Gasteiger partial charge on any atom is 0.305 e. The molecule has 3 nitrogen and oxygen atoms in total. The van der Waals surface area contributed by atoms with Crippen LogP contribution in [0.25, 0.3) is 0 Å². The van der Waals surface area contributed by atoms with E-state index in [-0.39, 0.29) is 18.0 Å². The molecule has 3 atom stereocenters. The average Bonchev–Trinajstić information content (AvgIpc) is 2.24. The fraction of sp³-hybridized carbons (Fsp3) is 0.917. The second kappa shape index (κ2) is 7.69.